The molecule has 0 amide bonds. The summed E-state index contributed by atoms with van der Waals surface area (Å²) < 4.78 is 7.46. The highest BCUT2D eigenvalue weighted by molar-refractivity contribution is 5.45. The molecular weight excluding hydrogens is 248 g/mol. The molecule has 19 heavy (non-hydrogen) atoms. The Kier molecular flexibility index (Phi) is 4.04. The maximum absolute atomic E-state index is 11.2. The van der Waals surface area contributed by atoms with Crippen LogP contribution in [0, 0.1) is 23.0 Å². The minimum absolute atomic E-state index is 0.0142. The molecule has 0 saturated carbocycles. The van der Waals surface area contributed by atoms with Crippen molar-refractivity contribution in [3.8, 4) is 5.88 Å². The van der Waals surface area contributed by atoms with E-state index in [0.29, 0.717) is 24.7 Å². The molecule has 0 spiro atoms. The van der Waals surface area contributed by atoms with E-state index in [-0.39, 0.29) is 17.7 Å². The van der Waals surface area contributed by atoms with E-state index in [1.54, 1.807) is 11.6 Å². The number of hydrogen-bond donors (Lipinski definition) is 1. The fourth-order valence-electron chi connectivity index (χ4n) is 2.35. The molecule has 2 atom stereocenters. The van der Waals surface area contributed by atoms with Gasteiger partial charge in [0.2, 0.25) is 0 Å². The molecule has 1 N–H and O–H groups in total. The molecule has 2 heterocycles. The standard InChI is InChI=1S/C12H20N4O3/c1-4-15-12(11(16(17)18)9(3)14-15)19-10-7-13-6-5-8(10)2/h8,10,13H,4-7H2,1-3H3. The van der Waals surface area contributed by atoms with Crippen molar-refractivity contribution in [2.75, 3.05) is 13.1 Å². The first-order valence-corrected chi connectivity index (χ1v) is 6.63. The first-order valence-electron chi connectivity index (χ1n) is 6.63. The minimum Gasteiger partial charge on any atom is -0.468 e. The van der Waals surface area contributed by atoms with Crippen molar-refractivity contribution >= 4 is 5.69 Å². The highest BCUT2D eigenvalue weighted by Crippen LogP contribution is 2.32. The molecule has 1 fully saturated rings. The van der Waals surface area contributed by atoms with Crippen molar-refractivity contribution in [3.05, 3.63) is 15.8 Å². The lowest BCUT2D eigenvalue weighted by Gasteiger charge is -2.29. The average Bonchev–Trinajstić information content (AvgIpc) is 2.68. The normalized spacial score (nSPS) is 23.3. The summed E-state index contributed by atoms with van der Waals surface area (Å²) in [6.07, 6.45) is 0.964. The summed E-state index contributed by atoms with van der Waals surface area (Å²) in [5.74, 6) is 0.659. The van der Waals surface area contributed by atoms with Crippen LogP contribution in [0.25, 0.3) is 0 Å². The minimum atomic E-state index is -0.412. The van der Waals surface area contributed by atoms with Gasteiger partial charge in [0.1, 0.15) is 11.8 Å². The number of nitrogens with zero attached hydrogens (tertiary/aromatic N) is 3. The highest BCUT2D eigenvalue weighted by atomic mass is 16.6. The molecule has 0 aliphatic carbocycles. The third-order valence-corrected chi connectivity index (χ3v) is 3.55. The second-order valence-corrected chi connectivity index (χ2v) is 4.94. The van der Waals surface area contributed by atoms with Crippen LogP contribution in [-0.4, -0.2) is 33.9 Å². The molecule has 1 aliphatic rings. The Balaban J connectivity index is 2.29. The van der Waals surface area contributed by atoms with E-state index in [1.165, 1.54) is 0 Å². The molecule has 7 heteroatoms. The van der Waals surface area contributed by atoms with Crippen LogP contribution in [0.4, 0.5) is 5.69 Å². The fraction of sp³-hybridized carbons (Fsp3) is 0.750. The average molecular weight is 268 g/mol. The van der Waals surface area contributed by atoms with Crippen molar-refractivity contribution in [1.29, 1.82) is 0 Å². The predicted octanol–water partition coefficient (Wildman–Crippen LogP) is 1.50. The third-order valence-electron chi connectivity index (χ3n) is 3.55. The van der Waals surface area contributed by atoms with E-state index in [9.17, 15) is 10.1 Å². The zero-order chi connectivity index (χ0) is 14.0. The van der Waals surface area contributed by atoms with Crippen molar-refractivity contribution in [2.24, 2.45) is 5.92 Å². The Bertz CT molecular complexity index is 472. The van der Waals surface area contributed by atoms with Gasteiger partial charge in [-0.1, -0.05) is 6.92 Å². The lowest BCUT2D eigenvalue weighted by atomic mass is 9.97. The largest absolute Gasteiger partial charge is 0.468 e. The number of rotatable bonds is 4. The van der Waals surface area contributed by atoms with Crippen molar-refractivity contribution in [1.82, 2.24) is 15.1 Å². The number of hydrogen-bond acceptors (Lipinski definition) is 5. The number of nitrogens with one attached hydrogen (secondary N) is 1. The van der Waals surface area contributed by atoms with E-state index >= 15 is 0 Å². The molecule has 0 radical (unpaired) electrons. The summed E-state index contributed by atoms with van der Waals surface area (Å²) in [7, 11) is 0. The van der Waals surface area contributed by atoms with Crippen LogP contribution in [0.3, 0.4) is 0 Å². The number of piperidine rings is 1. The highest BCUT2D eigenvalue weighted by Gasteiger charge is 2.31. The summed E-state index contributed by atoms with van der Waals surface area (Å²) in [5, 5.41) is 18.6. The number of nitro groups is 1. The molecule has 1 saturated heterocycles. The van der Waals surface area contributed by atoms with E-state index in [2.05, 4.69) is 17.3 Å². The molecular formula is C12H20N4O3. The smallest absolute Gasteiger partial charge is 0.353 e. The monoisotopic (exact) mass is 268 g/mol. The van der Waals surface area contributed by atoms with Crippen LogP contribution in [0.5, 0.6) is 5.88 Å². The molecule has 106 valence electrons. The lowest BCUT2D eigenvalue weighted by molar-refractivity contribution is -0.386. The Morgan fingerprint density at radius 3 is 2.95 bits per heavy atom. The Labute approximate surface area is 112 Å². The van der Waals surface area contributed by atoms with Gasteiger partial charge in [0.05, 0.1) is 4.92 Å². The van der Waals surface area contributed by atoms with Gasteiger partial charge >= 0.3 is 5.69 Å². The van der Waals surface area contributed by atoms with E-state index in [0.717, 1.165) is 13.0 Å². The topological polar surface area (TPSA) is 82.2 Å². The SMILES string of the molecule is CCn1nc(C)c([N+](=O)[O-])c1OC1CNCCC1C. The molecule has 1 aromatic rings. The molecule has 2 rings (SSSR count). The Hall–Kier alpha value is -1.63. The second-order valence-electron chi connectivity index (χ2n) is 4.94. The first-order chi connectivity index (χ1) is 9.04. The third kappa shape index (κ3) is 2.70. The molecule has 0 bridgehead atoms. The molecule has 1 aliphatic heterocycles. The van der Waals surface area contributed by atoms with Crippen LogP contribution < -0.4 is 10.1 Å². The predicted molar refractivity (Wildman–Crippen MR) is 70.4 cm³/mol. The van der Waals surface area contributed by atoms with Crippen LogP contribution in [0.1, 0.15) is 26.0 Å². The Morgan fingerprint density at radius 1 is 1.63 bits per heavy atom. The number of aryl methyl sites for hydroxylation is 2. The van der Waals surface area contributed by atoms with Crippen LogP contribution in [0.15, 0.2) is 0 Å². The first kappa shape index (κ1) is 13.8. The molecule has 0 aromatic carbocycles. The van der Waals surface area contributed by atoms with Gasteiger partial charge < -0.3 is 10.1 Å². The zero-order valence-electron chi connectivity index (χ0n) is 11.5. The van der Waals surface area contributed by atoms with Gasteiger partial charge in [-0.05, 0) is 32.7 Å². The van der Waals surface area contributed by atoms with Crippen molar-refractivity contribution in [3.63, 3.8) is 0 Å². The van der Waals surface area contributed by atoms with Gasteiger partial charge in [-0.25, -0.2) is 4.68 Å². The zero-order valence-corrected chi connectivity index (χ0v) is 11.5. The van der Waals surface area contributed by atoms with E-state index in [4.69, 9.17) is 4.74 Å². The molecule has 7 nitrogen and oxygen atoms in total. The van der Waals surface area contributed by atoms with E-state index < -0.39 is 4.92 Å². The number of aromatic nitrogens is 2. The summed E-state index contributed by atoms with van der Waals surface area (Å²) >= 11 is 0. The molecule has 1 aromatic heterocycles. The van der Waals surface area contributed by atoms with Gasteiger partial charge in [-0.2, -0.15) is 5.10 Å². The van der Waals surface area contributed by atoms with Gasteiger partial charge in [0, 0.05) is 13.1 Å². The lowest BCUT2D eigenvalue weighted by Crippen LogP contribution is -2.43. The van der Waals surface area contributed by atoms with Crippen molar-refractivity contribution in [2.45, 2.75) is 39.8 Å². The van der Waals surface area contributed by atoms with Crippen LogP contribution in [-0.2, 0) is 6.54 Å². The van der Waals surface area contributed by atoms with Gasteiger partial charge in [-0.3, -0.25) is 10.1 Å². The maximum atomic E-state index is 11.2. The van der Waals surface area contributed by atoms with Crippen LogP contribution in [0.2, 0.25) is 0 Å². The Morgan fingerprint density at radius 2 is 2.37 bits per heavy atom. The summed E-state index contributed by atoms with van der Waals surface area (Å²) in [6, 6.07) is 0. The fourth-order valence-corrected chi connectivity index (χ4v) is 2.35. The quantitative estimate of drug-likeness (QED) is 0.661. The van der Waals surface area contributed by atoms with Crippen molar-refractivity contribution < 1.29 is 9.66 Å². The molecule has 2 unspecified atom stereocenters. The van der Waals surface area contributed by atoms with Gasteiger partial charge in [-0.15, -0.1) is 0 Å². The number of ether oxygens (including phenoxy) is 1. The summed E-state index contributed by atoms with van der Waals surface area (Å²) in [4.78, 5) is 10.7. The van der Waals surface area contributed by atoms with Gasteiger partial charge in [0.15, 0.2) is 0 Å². The van der Waals surface area contributed by atoms with Crippen LogP contribution >= 0.6 is 0 Å². The second kappa shape index (κ2) is 5.56. The summed E-state index contributed by atoms with van der Waals surface area (Å²) in [5.41, 5.74) is 0.387. The van der Waals surface area contributed by atoms with Gasteiger partial charge in [0.25, 0.3) is 5.88 Å². The maximum Gasteiger partial charge on any atom is 0.353 e. The van der Waals surface area contributed by atoms with E-state index in [1.807, 2.05) is 6.92 Å². The summed E-state index contributed by atoms with van der Waals surface area (Å²) in [6.45, 7) is 7.88.